The lowest BCUT2D eigenvalue weighted by Crippen LogP contribution is -2.13. The fourth-order valence-electron chi connectivity index (χ4n) is 2.05. The summed E-state index contributed by atoms with van der Waals surface area (Å²) in [6.45, 7) is 4.48. The van der Waals surface area contributed by atoms with Gasteiger partial charge in [0.15, 0.2) is 0 Å². The summed E-state index contributed by atoms with van der Waals surface area (Å²) in [6.07, 6.45) is 2.21. The molecule has 0 aromatic heterocycles. The van der Waals surface area contributed by atoms with Gasteiger partial charge in [-0.3, -0.25) is 0 Å². The Morgan fingerprint density at radius 1 is 0.913 bits per heavy atom. The van der Waals surface area contributed by atoms with Crippen molar-refractivity contribution in [2.75, 3.05) is 30.3 Å². The highest BCUT2D eigenvalue weighted by Crippen LogP contribution is 2.24. The maximum Gasteiger partial charge on any atom is 0.121 e. The third kappa shape index (κ3) is 6.20. The molecule has 3 nitrogen and oxygen atoms in total. The number of nitrogens with one attached hydrogen (secondary N) is 2. The van der Waals surface area contributed by atoms with E-state index >= 15 is 0 Å². The minimum Gasteiger partial charge on any atom is -0.494 e. The Hall–Kier alpha value is -1.58. The van der Waals surface area contributed by atoms with E-state index in [-0.39, 0.29) is 0 Å². The molecule has 0 unspecified atom stereocenters. The summed E-state index contributed by atoms with van der Waals surface area (Å²) in [5.41, 5.74) is 2.01. The largest absolute Gasteiger partial charge is 0.494 e. The van der Waals surface area contributed by atoms with Gasteiger partial charge in [-0.25, -0.2) is 0 Å². The second-order valence-electron chi connectivity index (χ2n) is 5.21. The molecule has 0 radical (unpaired) electrons. The Bertz CT molecular complexity index is 620. The van der Waals surface area contributed by atoms with Crippen LogP contribution in [-0.4, -0.2) is 19.7 Å². The van der Waals surface area contributed by atoms with Gasteiger partial charge in [0.1, 0.15) is 5.75 Å². The predicted octanol–water partition coefficient (Wildman–Crippen LogP) is 5.70. The third-order valence-electron chi connectivity index (χ3n) is 3.30. The van der Waals surface area contributed by atoms with Crippen molar-refractivity contribution in [2.24, 2.45) is 0 Å². The standard InChI is InChI=1S/C18H22Cl2N2O/c1-2-3-11-23-16-6-4-5-14(12-16)21-9-10-22-15-7-8-17(19)18(20)13-15/h4-8,12-13,21-22H,2-3,9-11H2,1H3. The minimum atomic E-state index is 0.557. The molecule has 0 fully saturated rings. The molecule has 0 saturated carbocycles. The Morgan fingerprint density at radius 3 is 2.35 bits per heavy atom. The van der Waals surface area contributed by atoms with Gasteiger partial charge in [-0.15, -0.1) is 0 Å². The van der Waals surface area contributed by atoms with E-state index in [4.69, 9.17) is 27.9 Å². The van der Waals surface area contributed by atoms with E-state index in [0.29, 0.717) is 10.0 Å². The summed E-state index contributed by atoms with van der Waals surface area (Å²) in [6, 6.07) is 13.6. The molecule has 0 aliphatic carbocycles. The lowest BCUT2D eigenvalue weighted by Gasteiger charge is -2.11. The molecule has 2 rings (SSSR count). The fourth-order valence-corrected chi connectivity index (χ4v) is 2.35. The second-order valence-corrected chi connectivity index (χ2v) is 6.03. The zero-order chi connectivity index (χ0) is 16.5. The minimum absolute atomic E-state index is 0.557. The summed E-state index contributed by atoms with van der Waals surface area (Å²) in [4.78, 5) is 0. The molecule has 0 amide bonds. The normalized spacial score (nSPS) is 10.4. The lowest BCUT2D eigenvalue weighted by atomic mass is 10.3. The molecule has 2 N–H and O–H groups in total. The van der Waals surface area contributed by atoms with Crippen molar-refractivity contribution in [3.63, 3.8) is 0 Å². The van der Waals surface area contributed by atoms with Crippen LogP contribution in [0.25, 0.3) is 0 Å². The average Bonchev–Trinajstić information content (AvgIpc) is 2.55. The first-order chi connectivity index (χ1) is 11.2. The van der Waals surface area contributed by atoms with Crippen molar-refractivity contribution in [3.8, 4) is 5.75 Å². The van der Waals surface area contributed by atoms with E-state index in [2.05, 4.69) is 17.6 Å². The van der Waals surface area contributed by atoms with E-state index in [0.717, 1.165) is 49.7 Å². The Morgan fingerprint density at radius 2 is 1.65 bits per heavy atom. The molecule has 0 aliphatic rings. The van der Waals surface area contributed by atoms with Crippen LogP contribution in [0, 0.1) is 0 Å². The first-order valence-electron chi connectivity index (χ1n) is 7.84. The highest BCUT2D eigenvalue weighted by atomic mass is 35.5. The number of hydrogen-bond donors (Lipinski definition) is 2. The van der Waals surface area contributed by atoms with Gasteiger partial charge in [-0.2, -0.15) is 0 Å². The molecule has 23 heavy (non-hydrogen) atoms. The molecule has 0 spiro atoms. The molecule has 2 aromatic carbocycles. The highest BCUT2D eigenvalue weighted by molar-refractivity contribution is 6.42. The van der Waals surface area contributed by atoms with E-state index in [1.54, 1.807) is 6.07 Å². The summed E-state index contributed by atoms with van der Waals surface area (Å²) in [5, 5.41) is 7.79. The van der Waals surface area contributed by atoms with Crippen molar-refractivity contribution in [3.05, 3.63) is 52.5 Å². The highest BCUT2D eigenvalue weighted by Gasteiger charge is 1.99. The Balaban J connectivity index is 1.75. The molecular formula is C18H22Cl2N2O. The van der Waals surface area contributed by atoms with Crippen LogP contribution in [0.3, 0.4) is 0 Å². The number of anilines is 2. The first-order valence-corrected chi connectivity index (χ1v) is 8.60. The Kier molecular flexibility index (Phi) is 7.37. The van der Waals surface area contributed by atoms with Crippen LogP contribution < -0.4 is 15.4 Å². The van der Waals surface area contributed by atoms with Crippen molar-refractivity contribution in [1.29, 1.82) is 0 Å². The van der Waals surface area contributed by atoms with Crippen molar-refractivity contribution >= 4 is 34.6 Å². The number of halogens is 2. The molecule has 5 heteroatoms. The topological polar surface area (TPSA) is 33.3 Å². The average molecular weight is 353 g/mol. The van der Waals surface area contributed by atoms with Crippen LogP contribution in [0.15, 0.2) is 42.5 Å². The summed E-state index contributed by atoms with van der Waals surface area (Å²) < 4.78 is 5.70. The van der Waals surface area contributed by atoms with E-state index in [9.17, 15) is 0 Å². The zero-order valence-corrected chi connectivity index (χ0v) is 14.8. The summed E-state index contributed by atoms with van der Waals surface area (Å²) >= 11 is 11.9. The van der Waals surface area contributed by atoms with Gasteiger partial charge >= 0.3 is 0 Å². The SMILES string of the molecule is CCCCOc1cccc(NCCNc2ccc(Cl)c(Cl)c2)c1. The number of hydrogen-bond acceptors (Lipinski definition) is 3. The van der Waals surface area contributed by atoms with Crippen LogP contribution in [0.2, 0.25) is 10.0 Å². The molecule has 0 atom stereocenters. The molecule has 2 aromatic rings. The van der Waals surface area contributed by atoms with E-state index in [1.165, 1.54) is 0 Å². The number of benzene rings is 2. The van der Waals surface area contributed by atoms with Gasteiger partial charge in [0.25, 0.3) is 0 Å². The lowest BCUT2D eigenvalue weighted by molar-refractivity contribution is 0.309. The maximum absolute atomic E-state index is 5.99. The third-order valence-corrected chi connectivity index (χ3v) is 4.04. The van der Waals surface area contributed by atoms with E-state index in [1.807, 2.05) is 36.4 Å². The second kappa shape index (κ2) is 9.53. The number of rotatable bonds is 9. The van der Waals surface area contributed by atoms with Gasteiger partial charge < -0.3 is 15.4 Å². The van der Waals surface area contributed by atoms with Crippen LogP contribution in [0.4, 0.5) is 11.4 Å². The Labute approximate surface area is 147 Å². The monoisotopic (exact) mass is 352 g/mol. The van der Waals surface area contributed by atoms with Gasteiger partial charge in [0.2, 0.25) is 0 Å². The molecule has 0 heterocycles. The van der Waals surface area contributed by atoms with Crippen LogP contribution >= 0.6 is 23.2 Å². The van der Waals surface area contributed by atoms with Gasteiger partial charge in [-0.1, -0.05) is 42.6 Å². The van der Waals surface area contributed by atoms with Crippen molar-refractivity contribution in [1.82, 2.24) is 0 Å². The van der Waals surface area contributed by atoms with Crippen LogP contribution in [0.5, 0.6) is 5.75 Å². The molecule has 0 bridgehead atoms. The van der Waals surface area contributed by atoms with E-state index < -0.39 is 0 Å². The quantitative estimate of drug-likeness (QED) is 0.568. The van der Waals surface area contributed by atoms with Gasteiger partial charge in [0.05, 0.1) is 16.7 Å². The molecule has 0 saturated heterocycles. The molecule has 124 valence electrons. The maximum atomic E-state index is 5.99. The number of ether oxygens (including phenoxy) is 1. The number of unbranched alkanes of at least 4 members (excludes halogenated alkanes) is 1. The first kappa shape index (κ1) is 17.8. The predicted molar refractivity (Wildman–Crippen MR) is 100 cm³/mol. The molecular weight excluding hydrogens is 331 g/mol. The zero-order valence-electron chi connectivity index (χ0n) is 13.2. The van der Waals surface area contributed by atoms with Crippen LogP contribution in [-0.2, 0) is 0 Å². The summed E-state index contributed by atoms with van der Waals surface area (Å²) in [5.74, 6) is 0.904. The van der Waals surface area contributed by atoms with Crippen molar-refractivity contribution < 1.29 is 4.74 Å². The van der Waals surface area contributed by atoms with Crippen molar-refractivity contribution in [2.45, 2.75) is 19.8 Å². The molecule has 0 aliphatic heterocycles. The smallest absolute Gasteiger partial charge is 0.121 e. The fraction of sp³-hybridized carbons (Fsp3) is 0.333. The summed E-state index contributed by atoms with van der Waals surface area (Å²) in [7, 11) is 0. The van der Waals surface area contributed by atoms with Gasteiger partial charge in [-0.05, 0) is 36.8 Å². The van der Waals surface area contributed by atoms with Gasteiger partial charge in [0, 0.05) is 30.5 Å². The van der Waals surface area contributed by atoms with Crippen LogP contribution in [0.1, 0.15) is 19.8 Å².